The van der Waals surface area contributed by atoms with E-state index in [-0.39, 0.29) is 17.7 Å². The fraction of sp³-hybridized carbons (Fsp3) is 0.600. The summed E-state index contributed by atoms with van der Waals surface area (Å²) in [6.07, 6.45) is 1.50. The summed E-state index contributed by atoms with van der Waals surface area (Å²) >= 11 is 0. The summed E-state index contributed by atoms with van der Waals surface area (Å²) in [5.41, 5.74) is 0.607. The van der Waals surface area contributed by atoms with Crippen LogP contribution in [-0.2, 0) is 19.4 Å². The molecule has 1 atom stereocenters. The van der Waals surface area contributed by atoms with Gasteiger partial charge in [0.05, 0.1) is 11.7 Å². The zero-order valence-corrected chi connectivity index (χ0v) is 13.7. The van der Waals surface area contributed by atoms with Crippen molar-refractivity contribution in [2.45, 2.75) is 46.2 Å². The van der Waals surface area contributed by atoms with Crippen molar-refractivity contribution in [2.24, 2.45) is 0 Å². The molecule has 124 valence electrons. The standard InChI is InChI=1S/C15H22N6O2/c1-4-12-17-9(2)13(23-12)15(22)18-10(3)14-20-19-11-5-6-16-7-8-21(11)14/h10,16H,4-8H2,1-3H3,(H,18,22)/t10-/m0/s1. The zero-order chi connectivity index (χ0) is 16.4. The first-order chi connectivity index (χ1) is 11.1. The highest BCUT2D eigenvalue weighted by Gasteiger charge is 2.23. The third kappa shape index (κ3) is 3.12. The lowest BCUT2D eigenvalue weighted by molar-refractivity contribution is 0.0907. The van der Waals surface area contributed by atoms with Crippen LogP contribution in [0.3, 0.4) is 0 Å². The number of oxazole rings is 1. The van der Waals surface area contributed by atoms with Crippen LogP contribution in [0, 0.1) is 6.92 Å². The minimum atomic E-state index is -0.272. The van der Waals surface area contributed by atoms with Gasteiger partial charge in [0, 0.05) is 32.5 Å². The average Bonchev–Trinajstić information content (AvgIpc) is 3.03. The Bertz CT molecular complexity index is 705. The molecule has 8 nitrogen and oxygen atoms in total. The van der Waals surface area contributed by atoms with E-state index >= 15 is 0 Å². The van der Waals surface area contributed by atoms with Crippen LogP contribution in [0.25, 0.3) is 0 Å². The molecule has 3 rings (SSSR count). The first-order valence-corrected chi connectivity index (χ1v) is 8.00. The van der Waals surface area contributed by atoms with Gasteiger partial charge in [-0.2, -0.15) is 0 Å². The molecule has 1 amide bonds. The number of fused-ring (bicyclic) bond motifs is 1. The number of hydrogen-bond acceptors (Lipinski definition) is 6. The molecule has 1 aliphatic heterocycles. The van der Waals surface area contributed by atoms with Crippen molar-refractivity contribution in [3.8, 4) is 0 Å². The molecule has 2 N–H and O–H groups in total. The summed E-state index contributed by atoms with van der Waals surface area (Å²) in [4.78, 5) is 16.7. The molecule has 2 aromatic heterocycles. The van der Waals surface area contributed by atoms with Crippen molar-refractivity contribution in [1.82, 2.24) is 30.4 Å². The summed E-state index contributed by atoms with van der Waals surface area (Å²) in [6, 6.07) is -0.253. The van der Waals surface area contributed by atoms with Gasteiger partial charge < -0.3 is 19.6 Å². The van der Waals surface area contributed by atoms with Crippen molar-refractivity contribution in [3.05, 3.63) is 29.0 Å². The van der Waals surface area contributed by atoms with Crippen LogP contribution >= 0.6 is 0 Å². The number of carbonyl (C=O) groups is 1. The quantitative estimate of drug-likeness (QED) is 0.864. The number of carbonyl (C=O) groups excluding carboxylic acids is 1. The molecule has 0 bridgehead atoms. The van der Waals surface area contributed by atoms with E-state index in [1.165, 1.54) is 0 Å². The number of aromatic nitrogens is 4. The predicted octanol–water partition coefficient (Wildman–Crippen LogP) is 0.774. The van der Waals surface area contributed by atoms with Gasteiger partial charge >= 0.3 is 0 Å². The Kier molecular flexibility index (Phi) is 4.42. The van der Waals surface area contributed by atoms with Crippen LogP contribution in [0.1, 0.15) is 53.7 Å². The van der Waals surface area contributed by atoms with Crippen molar-refractivity contribution in [2.75, 3.05) is 13.1 Å². The second-order valence-electron chi connectivity index (χ2n) is 5.70. The summed E-state index contributed by atoms with van der Waals surface area (Å²) in [7, 11) is 0. The van der Waals surface area contributed by atoms with Crippen molar-refractivity contribution >= 4 is 5.91 Å². The number of amides is 1. The number of rotatable bonds is 4. The highest BCUT2D eigenvalue weighted by molar-refractivity contribution is 5.92. The number of hydrogen-bond donors (Lipinski definition) is 2. The Morgan fingerprint density at radius 1 is 1.43 bits per heavy atom. The predicted molar refractivity (Wildman–Crippen MR) is 83.1 cm³/mol. The van der Waals surface area contributed by atoms with Crippen LogP contribution in [0.4, 0.5) is 0 Å². The summed E-state index contributed by atoms with van der Waals surface area (Å²) < 4.78 is 7.58. The van der Waals surface area contributed by atoms with Gasteiger partial charge in [-0.3, -0.25) is 4.79 Å². The Hall–Kier alpha value is -2.22. The van der Waals surface area contributed by atoms with E-state index in [1.807, 2.05) is 13.8 Å². The lowest BCUT2D eigenvalue weighted by Crippen LogP contribution is -2.29. The Morgan fingerprint density at radius 3 is 3.00 bits per heavy atom. The van der Waals surface area contributed by atoms with Gasteiger partial charge in [0.2, 0.25) is 5.76 Å². The molecule has 8 heteroatoms. The fourth-order valence-electron chi connectivity index (χ4n) is 2.76. The van der Waals surface area contributed by atoms with Crippen LogP contribution in [0.5, 0.6) is 0 Å². The van der Waals surface area contributed by atoms with Gasteiger partial charge in [0.25, 0.3) is 5.91 Å². The highest BCUT2D eigenvalue weighted by atomic mass is 16.4. The van der Waals surface area contributed by atoms with E-state index in [2.05, 4.69) is 30.4 Å². The molecule has 0 aromatic carbocycles. The molecule has 2 aromatic rings. The molecule has 0 spiro atoms. The maximum absolute atomic E-state index is 12.4. The smallest absolute Gasteiger partial charge is 0.289 e. The second kappa shape index (κ2) is 6.49. The minimum Gasteiger partial charge on any atom is -0.435 e. The van der Waals surface area contributed by atoms with E-state index in [1.54, 1.807) is 6.92 Å². The molecule has 0 aliphatic carbocycles. The molecule has 0 saturated heterocycles. The average molecular weight is 318 g/mol. The minimum absolute atomic E-state index is 0.253. The summed E-state index contributed by atoms with van der Waals surface area (Å²) in [5, 5.41) is 14.8. The largest absolute Gasteiger partial charge is 0.435 e. The van der Waals surface area contributed by atoms with Crippen molar-refractivity contribution in [1.29, 1.82) is 0 Å². The molecular weight excluding hydrogens is 296 g/mol. The Morgan fingerprint density at radius 2 is 2.26 bits per heavy atom. The third-order valence-electron chi connectivity index (χ3n) is 3.98. The molecule has 0 saturated carbocycles. The Labute approximate surface area is 134 Å². The third-order valence-corrected chi connectivity index (χ3v) is 3.98. The van der Waals surface area contributed by atoms with Gasteiger partial charge in [0.1, 0.15) is 5.82 Å². The topological polar surface area (TPSA) is 97.9 Å². The van der Waals surface area contributed by atoms with E-state index in [0.717, 1.165) is 37.7 Å². The second-order valence-corrected chi connectivity index (χ2v) is 5.70. The van der Waals surface area contributed by atoms with E-state index in [9.17, 15) is 4.79 Å². The van der Waals surface area contributed by atoms with E-state index in [0.29, 0.717) is 18.0 Å². The van der Waals surface area contributed by atoms with Crippen LogP contribution < -0.4 is 10.6 Å². The number of nitrogens with one attached hydrogen (secondary N) is 2. The van der Waals surface area contributed by atoms with Gasteiger partial charge in [-0.25, -0.2) is 4.98 Å². The Balaban J connectivity index is 1.76. The van der Waals surface area contributed by atoms with E-state index in [4.69, 9.17) is 4.42 Å². The lowest BCUT2D eigenvalue weighted by atomic mass is 10.2. The number of nitrogens with zero attached hydrogens (tertiary/aromatic N) is 4. The first-order valence-electron chi connectivity index (χ1n) is 8.00. The van der Waals surface area contributed by atoms with Crippen molar-refractivity contribution < 1.29 is 9.21 Å². The van der Waals surface area contributed by atoms with Crippen LogP contribution in [-0.4, -0.2) is 38.7 Å². The van der Waals surface area contributed by atoms with Gasteiger partial charge in [0.15, 0.2) is 11.7 Å². The van der Waals surface area contributed by atoms with E-state index < -0.39 is 0 Å². The normalized spacial score (nSPS) is 15.8. The molecule has 1 aliphatic rings. The first kappa shape index (κ1) is 15.7. The maximum atomic E-state index is 12.4. The maximum Gasteiger partial charge on any atom is 0.289 e. The van der Waals surface area contributed by atoms with Gasteiger partial charge in [-0.15, -0.1) is 10.2 Å². The molecule has 0 fully saturated rings. The molecule has 0 unspecified atom stereocenters. The SMILES string of the molecule is CCc1nc(C)c(C(=O)N[C@@H](C)c2nnc3n2CCNCC3)o1. The van der Waals surface area contributed by atoms with Crippen molar-refractivity contribution in [3.63, 3.8) is 0 Å². The monoisotopic (exact) mass is 318 g/mol. The molecule has 23 heavy (non-hydrogen) atoms. The van der Waals surface area contributed by atoms with Crippen LogP contribution in [0.2, 0.25) is 0 Å². The zero-order valence-electron chi connectivity index (χ0n) is 13.7. The van der Waals surface area contributed by atoms with Gasteiger partial charge in [-0.1, -0.05) is 6.92 Å². The molecule has 3 heterocycles. The van der Waals surface area contributed by atoms with Crippen LogP contribution in [0.15, 0.2) is 4.42 Å². The highest BCUT2D eigenvalue weighted by Crippen LogP contribution is 2.16. The molecule has 0 radical (unpaired) electrons. The fourth-order valence-corrected chi connectivity index (χ4v) is 2.76. The van der Waals surface area contributed by atoms with Gasteiger partial charge in [-0.05, 0) is 13.8 Å². The summed E-state index contributed by atoms with van der Waals surface area (Å²) in [5.74, 6) is 2.29. The molecular formula is C15H22N6O2. The lowest BCUT2D eigenvalue weighted by Gasteiger charge is -2.14. The number of aryl methyl sites for hydroxylation is 2. The summed E-state index contributed by atoms with van der Waals surface area (Å²) in [6.45, 7) is 8.20.